The highest BCUT2D eigenvalue weighted by atomic mass is 16.5. The van der Waals surface area contributed by atoms with Gasteiger partial charge in [0.25, 0.3) is 0 Å². The summed E-state index contributed by atoms with van der Waals surface area (Å²) in [6.07, 6.45) is 0. The third kappa shape index (κ3) is 4.59. The molecule has 3 aromatic heterocycles. The quantitative estimate of drug-likeness (QED) is 0.168. The number of ether oxygens (including phenoxy) is 6. The van der Waals surface area contributed by atoms with Crippen molar-refractivity contribution in [3.8, 4) is 0 Å². The number of esters is 6. The molecular weight excluding hydrogens is 564 g/mol. The molecule has 216 valence electrons. The molecule has 0 aliphatic heterocycles. The SMILES string of the molecule is COC(=O)c1nc2c3nc(C(=O)OC)c(C(=O)OC)nc3c3nc(C(=O)OC)c(C(=O)OC)nc3c2nc1C(=O)OC. The molecule has 42 heavy (non-hydrogen) atoms. The summed E-state index contributed by atoms with van der Waals surface area (Å²) in [5.74, 6) is -6.62. The summed E-state index contributed by atoms with van der Waals surface area (Å²) in [6, 6.07) is 0. The van der Waals surface area contributed by atoms with Crippen LogP contribution in [0.4, 0.5) is 0 Å². The predicted molar refractivity (Wildman–Crippen MR) is 134 cm³/mol. The summed E-state index contributed by atoms with van der Waals surface area (Å²) < 4.78 is 28.3. The number of nitrogens with zero attached hydrogens (tertiary/aromatic N) is 6. The second kappa shape index (κ2) is 11.3. The average Bonchev–Trinajstić information content (AvgIpc) is 3.04. The Morgan fingerprint density at radius 1 is 0.310 bits per heavy atom. The van der Waals surface area contributed by atoms with Gasteiger partial charge in [0.05, 0.1) is 42.7 Å². The van der Waals surface area contributed by atoms with Crippen molar-refractivity contribution < 1.29 is 57.2 Å². The topological polar surface area (TPSA) is 235 Å². The molecule has 4 aromatic rings. The van der Waals surface area contributed by atoms with Gasteiger partial charge in [0.1, 0.15) is 33.1 Å². The molecule has 0 amide bonds. The minimum absolute atomic E-state index is 0.310. The van der Waals surface area contributed by atoms with Crippen LogP contribution in [0.1, 0.15) is 62.9 Å². The normalized spacial score (nSPS) is 10.7. The van der Waals surface area contributed by atoms with E-state index in [1.807, 2.05) is 0 Å². The van der Waals surface area contributed by atoms with Crippen molar-refractivity contribution in [2.45, 2.75) is 0 Å². The fraction of sp³-hybridized carbons (Fsp3) is 0.250. The van der Waals surface area contributed by atoms with Crippen LogP contribution < -0.4 is 0 Å². The molecule has 0 unspecified atom stereocenters. The lowest BCUT2D eigenvalue weighted by molar-refractivity contribution is 0.0544. The van der Waals surface area contributed by atoms with E-state index in [1.165, 1.54) is 0 Å². The van der Waals surface area contributed by atoms with Crippen LogP contribution >= 0.6 is 0 Å². The highest BCUT2D eigenvalue weighted by Crippen LogP contribution is 2.32. The minimum Gasteiger partial charge on any atom is -0.464 e. The number of aromatic nitrogens is 6. The first-order chi connectivity index (χ1) is 20.1. The molecular formula is C24H18N6O12. The van der Waals surface area contributed by atoms with E-state index in [-0.39, 0.29) is 33.1 Å². The number of benzene rings is 1. The van der Waals surface area contributed by atoms with Crippen LogP contribution in [-0.4, -0.2) is 108 Å². The number of methoxy groups -OCH3 is 6. The lowest BCUT2D eigenvalue weighted by atomic mass is 10.1. The highest BCUT2D eigenvalue weighted by molar-refractivity contribution is 6.21. The molecule has 3 heterocycles. The zero-order valence-electron chi connectivity index (χ0n) is 22.6. The fourth-order valence-corrected chi connectivity index (χ4v) is 3.73. The Kier molecular flexibility index (Phi) is 7.80. The van der Waals surface area contributed by atoms with Gasteiger partial charge in [-0.3, -0.25) is 0 Å². The van der Waals surface area contributed by atoms with Crippen LogP contribution in [-0.2, 0) is 28.4 Å². The molecule has 0 bridgehead atoms. The van der Waals surface area contributed by atoms with Crippen LogP contribution in [0.25, 0.3) is 33.1 Å². The number of hydrogen-bond donors (Lipinski definition) is 0. The van der Waals surface area contributed by atoms with E-state index in [2.05, 4.69) is 29.9 Å². The zero-order valence-corrected chi connectivity index (χ0v) is 22.6. The van der Waals surface area contributed by atoms with Gasteiger partial charge < -0.3 is 28.4 Å². The molecule has 0 aliphatic carbocycles. The Morgan fingerprint density at radius 2 is 0.429 bits per heavy atom. The van der Waals surface area contributed by atoms with E-state index in [1.54, 1.807) is 0 Å². The van der Waals surface area contributed by atoms with Crippen molar-refractivity contribution in [2.75, 3.05) is 42.7 Å². The van der Waals surface area contributed by atoms with Crippen molar-refractivity contribution in [3.05, 3.63) is 34.2 Å². The summed E-state index contributed by atoms with van der Waals surface area (Å²) in [6.45, 7) is 0. The predicted octanol–water partition coefficient (Wildman–Crippen LogP) is 0.236. The molecule has 0 saturated carbocycles. The van der Waals surface area contributed by atoms with Crippen LogP contribution in [0.3, 0.4) is 0 Å². The van der Waals surface area contributed by atoms with Crippen molar-refractivity contribution >= 4 is 68.9 Å². The summed E-state index contributed by atoms with van der Waals surface area (Å²) in [7, 11) is 6.13. The third-order valence-electron chi connectivity index (χ3n) is 5.63. The van der Waals surface area contributed by atoms with Gasteiger partial charge in [-0.25, -0.2) is 58.7 Å². The van der Waals surface area contributed by atoms with Crippen molar-refractivity contribution in [1.82, 2.24) is 29.9 Å². The largest absolute Gasteiger partial charge is 0.464 e. The maximum absolute atomic E-state index is 12.6. The first kappa shape index (κ1) is 29.1. The van der Waals surface area contributed by atoms with E-state index >= 15 is 0 Å². The second-order valence-corrected chi connectivity index (χ2v) is 7.80. The Morgan fingerprint density at radius 3 is 0.524 bits per heavy atom. The van der Waals surface area contributed by atoms with Gasteiger partial charge in [-0.05, 0) is 0 Å². The standard InChI is InChI=1S/C24H18N6O12/c1-37-19(31)13-14(20(32)38-2)26-8-7(25-13)9-11(29-16(22(34)40-4)15(27-9)21(33)39-3)12-10(8)28-17(23(35)41-5)18(30-12)24(36)42-6/h1-6H3. The molecule has 0 fully saturated rings. The Balaban J connectivity index is 2.39. The smallest absolute Gasteiger partial charge is 0.359 e. The average molecular weight is 582 g/mol. The van der Waals surface area contributed by atoms with E-state index in [4.69, 9.17) is 28.4 Å². The van der Waals surface area contributed by atoms with Gasteiger partial charge in [-0.2, -0.15) is 0 Å². The lowest BCUT2D eigenvalue weighted by Crippen LogP contribution is -2.20. The number of carbonyl (C=O) groups excluding carboxylic acids is 6. The summed E-state index contributed by atoms with van der Waals surface area (Å²) >= 11 is 0. The molecule has 0 radical (unpaired) electrons. The molecule has 0 N–H and O–H groups in total. The molecule has 1 aromatic carbocycles. The molecule has 0 atom stereocenters. The molecule has 18 nitrogen and oxygen atoms in total. The van der Waals surface area contributed by atoms with Crippen molar-refractivity contribution in [2.24, 2.45) is 0 Å². The molecule has 0 saturated heterocycles. The highest BCUT2D eigenvalue weighted by Gasteiger charge is 2.32. The van der Waals surface area contributed by atoms with Gasteiger partial charge in [-0.1, -0.05) is 0 Å². The monoisotopic (exact) mass is 582 g/mol. The van der Waals surface area contributed by atoms with Gasteiger partial charge in [0.2, 0.25) is 0 Å². The summed E-state index contributed by atoms with van der Waals surface area (Å²) in [5, 5.41) is 0. The van der Waals surface area contributed by atoms with Crippen LogP contribution in [0.15, 0.2) is 0 Å². The van der Waals surface area contributed by atoms with Gasteiger partial charge in [0.15, 0.2) is 34.2 Å². The number of fused-ring (bicyclic) bond motifs is 6. The van der Waals surface area contributed by atoms with E-state index < -0.39 is 70.0 Å². The summed E-state index contributed by atoms with van der Waals surface area (Å²) in [4.78, 5) is 101. The maximum Gasteiger partial charge on any atom is 0.359 e. The van der Waals surface area contributed by atoms with Crippen molar-refractivity contribution in [1.29, 1.82) is 0 Å². The Labute approximate surface area is 233 Å². The first-order valence-electron chi connectivity index (χ1n) is 11.3. The lowest BCUT2D eigenvalue weighted by Gasteiger charge is -2.14. The first-order valence-corrected chi connectivity index (χ1v) is 11.3. The van der Waals surface area contributed by atoms with Crippen LogP contribution in [0.5, 0.6) is 0 Å². The van der Waals surface area contributed by atoms with Gasteiger partial charge in [-0.15, -0.1) is 0 Å². The van der Waals surface area contributed by atoms with E-state index in [0.717, 1.165) is 42.7 Å². The summed E-state index contributed by atoms with van der Waals surface area (Å²) in [5.41, 5.74) is -5.59. The van der Waals surface area contributed by atoms with Gasteiger partial charge >= 0.3 is 35.8 Å². The minimum atomic E-state index is -1.10. The van der Waals surface area contributed by atoms with Crippen LogP contribution in [0, 0.1) is 0 Å². The van der Waals surface area contributed by atoms with E-state index in [0.29, 0.717) is 0 Å². The maximum atomic E-state index is 12.6. The molecule has 0 spiro atoms. The fourth-order valence-electron chi connectivity index (χ4n) is 3.73. The Bertz CT molecular complexity index is 1500. The number of hydrogen-bond acceptors (Lipinski definition) is 18. The molecule has 18 heteroatoms. The number of rotatable bonds is 6. The number of carbonyl (C=O) groups is 6. The third-order valence-corrected chi connectivity index (χ3v) is 5.63. The van der Waals surface area contributed by atoms with Crippen molar-refractivity contribution in [3.63, 3.8) is 0 Å². The molecule has 0 aliphatic rings. The van der Waals surface area contributed by atoms with E-state index in [9.17, 15) is 28.8 Å². The second-order valence-electron chi connectivity index (χ2n) is 7.80. The van der Waals surface area contributed by atoms with Gasteiger partial charge in [0, 0.05) is 0 Å². The Hall–Kier alpha value is -5.94. The molecule has 4 rings (SSSR count). The van der Waals surface area contributed by atoms with Crippen LogP contribution in [0.2, 0.25) is 0 Å². The zero-order chi connectivity index (χ0) is 30.9.